The Balaban J connectivity index is 2.29. The molecule has 0 N–H and O–H groups in total. The molecule has 4 nitrogen and oxygen atoms in total. The molecule has 2 aromatic carbocycles. The van der Waals surface area contributed by atoms with E-state index < -0.39 is 0 Å². The predicted molar refractivity (Wildman–Crippen MR) is 106 cm³/mol. The molecule has 0 aliphatic heterocycles. The average molecular weight is 481 g/mol. The van der Waals surface area contributed by atoms with E-state index in [-0.39, 0.29) is 0 Å². The number of aromatic nitrogens is 2. The van der Waals surface area contributed by atoms with Crippen LogP contribution in [0, 0.1) is 0 Å². The highest BCUT2D eigenvalue weighted by molar-refractivity contribution is 14.2. The van der Waals surface area contributed by atoms with E-state index in [9.17, 15) is 0 Å². The molecule has 0 aliphatic rings. The molecule has 0 fully saturated rings. The monoisotopic (exact) mass is 480 g/mol. The fraction of sp³-hybridized carbons (Fsp3) is 0.133. The van der Waals surface area contributed by atoms with Gasteiger partial charge in [-0.25, -0.2) is 4.45 Å². The standard InChI is InChI=1S/C15H12Cl2IN2O2P/c1-21-11-6-12(22-2)15(17)13(14(11)16)8-3-4-9-7-19-20(23-18)10(9)5-8/h3-7,23H,1-2H3. The highest BCUT2D eigenvalue weighted by Gasteiger charge is 2.19. The van der Waals surface area contributed by atoms with E-state index in [1.54, 1.807) is 20.3 Å². The molecule has 1 unspecified atom stereocenters. The van der Waals surface area contributed by atoms with Crippen LogP contribution in [0.3, 0.4) is 0 Å². The normalized spacial score (nSPS) is 11.5. The predicted octanol–water partition coefficient (Wildman–Crippen LogP) is 5.82. The molecule has 0 aliphatic carbocycles. The van der Waals surface area contributed by atoms with E-state index in [4.69, 9.17) is 32.7 Å². The van der Waals surface area contributed by atoms with Crippen LogP contribution in [-0.4, -0.2) is 23.8 Å². The number of ether oxygens (including phenoxy) is 2. The van der Waals surface area contributed by atoms with Gasteiger partial charge in [-0.2, -0.15) is 5.10 Å². The zero-order valence-corrected chi connectivity index (χ0v) is 16.9. The Bertz CT molecular complexity index is 857. The zero-order valence-electron chi connectivity index (χ0n) is 12.2. The van der Waals surface area contributed by atoms with E-state index in [1.165, 1.54) is 0 Å². The molecule has 0 saturated carbocycles. The number of hydrogen-bond donors (Lipinski definition) is 0. The third kappa shape index (κ3) is 3.00. The topological polar surface area (TPSA) is 36.3 Å². The Morgan fingerprint density at radius 3 is 2.30 bits per heavy atom. The van der Waals surface area contributed by atoms with Crippen LogP contribution in [0.4, 0.5) is 0 Å². The number of methoxy groups -OCH3 is 2. The molecule has 120 valence electrons. The minimum absolute atomic E-state index is 0.459. The van der Waals surface area contributed by atoms with Crippen LogP contribution < -0.4 is 9.47 Å². The van der Waals surface area contributed by atoms with Crippen LogP contribution in [0.5, 0.6) is 11.5 Å². The summed E-state index contributed by atoms with van der Waals surface area (Å²) in [4.78, 5) is 0. The summed E-state index contributed by atoms with van der Waals surface area (Å²) in [6.45, 7) is 0. The van der Waals surface area contributed by atoms with Gasteiger partial charge < -0.3 is 9.47 Å². The fourth-order valence-corrected chi connectivity index (χ4v) is 4.64. The molecule has 1 atom stereocenters. The summed E-state index contributed by atoms with van der Waals surface area (Å²) < 4.78 is 12.6. The second-order valence-corrected chi connectivity index (χ2v) is 7.49. The van der Waals surface area contributed by atoms with Crippen molar-refractivity contribution in [1.82, 2.24) is 9.55 Å². The second-order valence-electron chi connectivity index (χ2n) is 4.70. The van der Waals surface area contributed by atoms with E-state index in [1.807, 2.05) is 28.8 Å². The van der Waals surface area contributed by atoms with E-state index in [0.29, 0.717) is 33.5 Å². The maximum Gasteiger partial charge on any atom is 0.141 e. The number of benzene rings is 2. The summed E-state index contributed by atoms with van der Waals surface area (Å²) in [5.41, 5.74) is 2.61. The lowest BCUT2D eigenvalue weighted by molar-refractivity contribution is 0.395. The van der Waals surface area contributed by atoms with Gasteiger partial charge in [0.1, 0.15) is 11.5 Å². The second kappa shape index (κ2) is 7.01. The lowest BCUT2D eigenvalue weighted by Crippen LogP contribution is -1.93. The molecule has 3 aromatic rings. The number of nitrogens with zero attached hydrogens (tertiary/aromatic N) is 2. The van der Waals surface area contributed by atoms with Crippen molar-refractivity contribution in [3.8, 4) is 22.6 Å². The molecule has 3 rings (SSSR count). The third-order valence-electron chi connectivity index (χ3n) is 3.51. The lowest BCUT2D eigenvalue weighted by atomic mass is 10.0. The first kappa shape index (κ1) is 17.1. The Labute approximate surface area is 158 Å². The molecule has 0 saturated heterocycles. The maximum absolute atomic E-state index is 6.49. The first-order valence-electron chi connectivity index (χ1n) is 6.55. The summed E-state index contributed by atoms with van der Waals surface area (Å²) in [6, 6.07) is 7.68. The van der Waals surface area contributed by atoms with Gasteiger partial charge in [-0.3, -0.25) is 0 Å². The first-order valence-corrected chi connectivity index (χ1v) is 11.4. The van der Waals surface area contributed by atoms with E-state index >= 15 is 0 Å². The molecule has 0 radical (unpaired) electrons. The number of rotatable bonds is 4. The number of fused-ring (bicyclic) bond motifs is 1. The maximum atomic E-state index is 6.49. The molecule has 1 heterocycles. The van der Waals surface area contributed by atoms with Crippen LogP contribution >= 0.6 is 51.6 Å². The molecular weight excluding hydrogens is 469 g/mol. The largest absolute Gasteiger partial charge is 0.495 e. The van der Waals surface area contributed by atoms with Gasteiger partial charge in [0.15, 0.2) is 0 Å². The van der Waals surface area contributed by atoms with Gasteiger partial charge in [-0.15, -0.1) is 0 Å². The highest BCUT2D eigenvalue weighted by atomic mass is 127. The SMILES string of the molecule is COc1cc(OC)c(Cl)c(-c2ccc3cnn(PI)c3c2)c1Cl. The van der Waals surface area contributed by atoms with Gasteiger partial charge in [0.05, 0.1) is 42.4 Å². The van der Waals surface area contributed by atoms with Crippen molar-refractivity contribution >= 4 is 62.5 Å². The Morgan fingerprint density at radius 1 is 1.09 bits per heavy atom. The van der Waals surface area contributed by atoms with Crippen LogP contribution in [0.1, 0.15) is 0 Å². The van der Waals surface area contributed by atoms with Gasteiger partial charge in [0, 0.05) is 17.0 Å². The summed E-state index contributed by atoms with van der Waals surface area (Å²) in [7, 11) is 3.13. The molecule has 23 heavy (non-hydrogen) atoms. The number of halogens is 3. The van der Waals surface area contributed by atoms with Gasteiger partial charge in [0.2, 0.25) is 0 Å². The van der Waals surface area contributed by atoms with Crippen molar-refractivity contribution in [2.75, 3.05) is 14.2 Å². The summed E-state index contributed by atoms with van der Waals surface area (Å²) >= 11 is 15.3. The van der Waals surface area contributed by atoms with Crippen LogP contribution in [0.25, 0.3) is 22.0 Å². The van der Waals surface area contributed by atoms with Crippen molar-refractivity contribution < 1.29 is 9.47 Å². The highest BCUT2D eigenvalue weighted by Crippen LogP contribution is 2.46. The van der Waals surface area contributed by atoms with Crippen molar-refractivity contribution in [1.29, 1.82) is 0 Å². The van der Waals surface area contributed by atoms with Gasteiger partial charge in [-0.1, -0.05) is 35.3 Å². The lowest BCUT2D eigenvalue weighted by Gasteiger charge is -2.15. The molecule has 1 aromatic heterocycles. The van der Waals surface area contributed by atoms with E-state index in [0.717, 1.165) is 16.5 Å². The van der Waals surface area contributed by atoms with Crippen LogP contribution in [-0.2, 0) is 0 Å². The van der Waals surface area contributed by atoms with Crippen LogP contribution in [0.15, 0.2) is 30.5 Å². The van der Waals surface area contributed by atoms with Crippen molar-refractivity contribution in [2.45, 2.75) is 0 Å². The Morgan fingerprint density at radius 2 is 1.74 bits per heavy atom. The Hall–Kier alpha value is -0.750. The number of hydrogen-bond acceptors (Lipinski definition) is 3. The smallest absolute Gasteiger partial charge is 0.141 e. The first-order chi connectivity index (χ1) is 11.1. The van der Waals surface area contributed by atoms with Gasteiger partial charge in [-0.05, 0) is 33.7 Å². The van der Waals surface area contributed by atoms with Crippen molar-refractivity contribution in [3.63, 3.8) is 0 Å². The molecular formula is C15H12Cl2IN2O2P. The summed E-state index contributed by atoms with van der Waals surface area (Å²) in [6.07, 6.45) is 2.36. The molecule has 0 bridgehead atoms. The van der Waals surface area contributed by atoms with Crippen molar-refractivity contribution in [2.24, 2.45) is 0 Å². The summed E-state index contributed by atoms with van der Waals surface area (Å²) in [5.74, 6) is 1.04. The van der Waals surface area contributed by atoms with Crippen LogP contribution in [0.2, 0.25) is 10.0 Å². The van der Waals surface area contributed by atoms with Gasteiger partial charge >= 0.3 is 0 Å². The quantitative estimate of drug-likeness (QED) is 0.348. The fourth-order valence-electron chi connectivity index (χ4n) is 2.38. The van der Waals surface area contributed by atoms with Gasteiger partial charge in [0.25, 0.3) is 0 Å². The van der Waals surface area contributed by atoms with E-state index in [2.05, 4.69) is 27.1 Å². The Kier molecular flexibility index (Phi) is 5.21. The molecule has 0 amide bonds. The minimum Gasteiger partial charge on any atom is -0.495 e. The molecule has 0 spiro atoms. The zero-order chi connectivity index (χ0) is 16.6. The molecule has 8 heteroatoms. The average Bonchev–Trinajstić information content (AvgIpc) is 2.97. The minimum atomic E-state index is 0.459. The van der Waals surface area contributed by atoms with Crippen molar-refractivity contribution in [3.05, 3.63) is 40.5 Å². The summed E-state index contributed by atoms with van der Waals surface area (Å²) in [5, 5.41) is 6.35. The third-order valence-corrected chi connectivity index (χ3v) is 6.15.